The van der Waals surface area contributed by atoms with E-state index in [1.807, 2.05) is 39.2 Å². The van der Waals surface area contributed by atoms with Gasteiger partial charge in [0.25, 0.3) is 0 Å². The van der Waals surface area contributed by atoms with Crippen LogP contribution in [0.15, 0.2) is 18.2 Å². The Hall–Kier alpha value is -1.06. The largest absolute Gasteiger partial charge is 0.492 e. The standard InChI is InChI=1S/C12H19NO2/c1-10-4-5-12(11(8-10)9-14)15-7-6-13(2)3/h4-5,8,14H,6-7,9H2,1-3H3. The summed E-state index contributed by atoms with van der Waals surface area (Å²) >= 11 is 0. The minimum Gasteiger partial charge on any atom is -0.492 e. The Morgan fingerprint density at radius 1 is 1.33 bits per heavy atom. The van der Waals surface area contributed by atoms with Crippen molar-refractivity contribution in [3.05, 3.63) is 29.3 Å². The molecule has 0 aliphatic rings. The van der Waals surface area contributed by atoms with Crippen molar-refractivity contribution >= 4 is 0 Å². The summed E-state index contributed by atoms with van der Waals surface area (Å²) in [7, 11) is 4.01. The summed E-state index contributed by atoms with van der Waals surface area (Å²) in [5.41, 5.74) is 1.99. The highest BCUT2D eigenvalue weighted by atomic mass is 16.5. The average Bonchev–Trinajstić information content (AvgIpc) is 2.19. The molecule has 3 nitrogen and oxygen atoms in total. The van der Waals surface area contributed by atoms with Crippen LogP contribution < -0.4 is 4.74 Å². The summed E-state index contributed by atoms with van der Waals surface area (Å²) in [6, 6.07) is 5.85. The second kappa shape index (κ2) is 5.73. The topological polar surface area (TPSA) is 32.7 Å². The van der Waals surface area contributed by atoms with E-state index in [0.717, 1.165) is 23.4 Å². The Morgan fingerprint density at radius 2 is 2.07 bits per heavy atom. The zero-order valence-corrected chi connectivity index (χ0v) is 9.66. The number of aryl methyl sites for hydroxylation is 1. The quantitative estimate of drug-likeness (QED) is 0.796. The number of aliphatic hydroxyl groups is 1. The van der Waals surface area contributed by atoms with Crippen molar-refractivity contribution in [3.63, 3.8) is 0 Å². The minimum absolute atomic E-state index is 0.0268. The number of likely N-dealkylation sites (N-methyl/N-ethyl adjacent to an activating group) is 1. The van der Waals surface area contributed by atoms with Crippen molar-refractivity contribution in [2.45, 2.75) is 13.5 Å². The predicted molar refractivity (Wildman–Crippen MR) is 61.2 cm³/mol. The van der Waals surface area contributed by atoms with Crippen LogP contribution in [0.25, 0.3) is 0 Å². The van der Waals surface area contributed by atoms with Gasteiger partial charge in [-0.25, -0.2) is 0 Å². The Balaban J connectivity index is 2.60. The molecule has 3 heteroatoms. The van der Waals surface area contributed by atoms with Crippen molar-refractivity contribution in [3.8, 4) is 5.75 Å². The molecular formula is C12H19NO2. The number of ether oxygens (including phenoxy) is 1. The molecule has 1 rings (SSSR count). The lowest BCUT2D eigenvalue weighted by molar-refractivity contribution is 0.243. The first-order chi connectivity index (χ1) is 7.13. The maximum Gasteiger partial charge on any atom is 0.124 e. The van der Waals surface area contributed by atoms with E-state index in [1.165, 1.54) is 0 Å². The Bertz CT molecular complexity index is 310. The van der Waals surface area contributed by atoms with Gasteiger partial charge in [0.05, 0.1) is 6.61 Å². The van der Waals surface area contributed by atoms with Crippen molar-refractivity contribution in [2.24, 2.45) is 0 Å². The smallest absolute Gasteiger partial charge is 0.124 e. The van der Waals surface area contributed by atoms with Crippen LogP contribution in [0.4, 0.5) is 0 Å². The molecule has 0 atom stereocenters. The number of nitrogens with zero attached hydrogens (tertiary/aromatic N) is 1. The molecule has 0 aliphatic carbocycles. The summed E-state index contributed by atoms with van der Waals surface area (Å²) in [6.45, 7) is 3.55. The summed E-state index contributed by atoms with van der Waals surface area (Å²) in [6.07, 6.45) is 0. The second-order valence-electron chi connectivity index (χ2n) is 3.92. The van der Waals surface area contributed by atoms with Gasteiger partial charge in [-0.2, -0.15) is 0 Å². The first-order valence-electron chi connectivity index (χ1n) is 5.11. The predicted octanol–water partition coefficient (Wildman–Crippen LogP) is 1.43. The van der Waals surface area contributed by atoms with Crippen LogP contribution in [-0.4, -0.2) is 37.3 Å². The lowest BCUT2D eigenvalue weighted by Crippen LogP contribution is -2.19. The number of benzene rings is 1. The summed E-state index contributed by atoms with van der Waals surface area (Å²) < 4.78 is 5.59. The lowest BCUT2D eigenvalue weighted by atomic mass is 10.1. The van der Waals surface area contributed by atoms with Gasteiger partial charge in [-0.05, 0) is 27.1 Å². The average molecular weight is 209 g/mol. The van der Waals surface area contributed by atoms with Gasteiger partial charge in [0.15, 0.2) is 0 Å². The van der Waals surface area contributed by atoms with E-state index in [0.29, 0.717) is 6.61 Å². The van der Waals surface area contributed by atoms with E-state index in [2.05, 4.69) is 4.90 Å². The fourth-order valence-electron chi connectivity index (χ4n) is 1.31. The molecule has 0 heterocycles. The zero-order chi connectivity index (χ0) is 11.3. The normalized spacial score (nSPS) is 10.7. The fourth-order valence-corrected chi connectivity index (χ4v) is 1.31. The maximum absolute atomic E-state index is 9.16. The molecular weight excluding hydrogens is 190 g/mol. The first-order valence-corrected chi connectivity index (χ1v) is 5.11. The van der Waals surface area contributed by atoms with Crippen LogP contribution in [-0.2, 0) is 6.61 Å². The number of aliphatic hydroxyl groups excluding tert-OH is 1. The highest BCUT2D eigenvalue weighted by Gasteiger charge is 2.02. The Morgan fingerprint density at radius 3 is 2.67 bits per heavy atom. The van der Waals surface area contributed by atoms with Gasteiger partial charge in [0.1, 0.15) is 12.4 Å². The maximum atomic E-state index is 9.16. The monoisotopic (exact) mass is 209 g/mol. The molecule has 0 bridgehead atoms. The third-order valence-corrected chi connectivity index (χ3v) is 2.18. The van der Waals surface area contributed by atoms with Crippen LogP contribution in [0.3, 0.4) is 0 Å². The van der Waals surface area contributed by atoms with Crippen molar-refractivity contribution < 1.29 is 9.84 Å². The molecule has 84 valence electrons. The molecule has 0 unspecified atom stereocenters. The van der Waals surface area contributed by atoms with Gasteiger partial charge >= 0.3 is 0 Å². The van der Waals surface area contributed by atoms with E-state index in [1.54, 1.807) is 0 Å². The van der Waals surface area contributed by atoms with Crippen molar-refractivity contribution in [1.29, 1.82) is 0 Å². The SMILES string of the molecule is Cc1ccc(OCCN(C)C)c(CO)c1. The van der Waals surface area contributed by atoms with Gasteiger partial charge in [-0.15, -0.1) is 0 Å². The van der Waals surface area contributed by atoms with Gasteiger partial charge in [-0.1, -0.05) is 17.7 Å². The molecule has 0 spiro atoms. The van der Waals surface area contributed by atoms with Gasteiger partial charge in [0, 0.05) is 12.1 Å². The molecule has 1 aromatic rings. The van der Waals surface area contributed by atoms with E-state index in [9.17, 15) is 0 Å². The van der Waals surface area contributed by atoms with Crippen LogP contribution in [0.1, 0.15) is 11.1 Å². The summed E-state index contributed by atoms with van der Waals surface area (Å²) in [5.74, 6) is 0.782. The Labute approximate surface area is 91.3 Å². The lowest BCUT2D eigenvalue weighted by Gasteiger charge is -2.13. The van der Waals surface area contributed by atoms with Crippen LogP contribution >= 0.6 is 0 Å². The van der Waals surface area contributed by atoms with Crippen molar-refractivity contribution in [2.75, 3.05) is 27.2 Å². The number of hydrogen-bond donors (Lipinski definition) is 1. The minimum atomic E-state index is 0.0268. The van der Waals surface area contributed by atoms with Gasteiger partial charge < -0.3 is 14.7 Å². The summed E-state index contributed by atoms with van der Waals surface area (Å²) in [5, 5.41) is 9.16. The molecule has 0 aromatic heterocycles. The van der Waals surface area contributed by atoms with Crippen LogP contribution in [0, 0.1) is 6.92 Å². The van der Waals surface area contributed by atoms with Crippen LogP contribution in [0.2, 0.25) is 0 Å². The highest BCUT2D eigenvalue weighted by molar-refractivity contribution is 5.36. The molecule has 0 radical (unpaired) electrons. The molecule has 0 amide bonds. The molecule has 0 saturated heterocycles. The third kappa shape index (κ3) is 3.90. The molecule has 1 N–H and O–H groups in total. The van der Waals surface area contributed by atoms with E-state index in [-0.39, 0.29) is 6.61 Å². The zero-order valence-electron chi connectivity index (χ0n) is 9.66. The van der Waals surface area contributed by atoms with Crippen molar-refractivity contribution in [1.82, 2.24) is 4.90 Å². The second-order valence-corrected chi connectivity index (χ2v) is 3.92. The van der Waals surface area contributed by atoms with Gasteiger partial charge in [-0.3, -0.25) is 0 Å². The van der Waals surface area contributed by atoms with E-state index < -0.39 is 0 Å². The first kappa shape index (κ1) is 12.0. The molecule has 15 heavy (non-hydrogen) atoms. The summed E-state index contributed by atoms with van der Waals surface area (Å²) in [4.78, 5) is 2.06. The van der Waals surface area contributed by atoms with Crippen LogP contribution in [0.5, 0.6) is 5.75 Å². The highest BCUT2D eigenvalue weighted by Crippen LogP contribution is 2.19. The van der Waals surface area contributed by atoms with E-state index in [4.69, 9.17) is 9.84 Å². The van der Waals surface area contributed by atoms with E-state index >= 15 is 0 Å². The number of hydrogen-bond acceptors (Lipinski definition) is 3. The molecule has 0 aliphatic heterocycles. The number of rotatable bonds is 5. The van der Waals surface area contributed by atoms with Gasteiger partial charge in [0.2, 0.25) is 0 Å². The molecule has 0 fully saturated rings. The fraction of sp³-hybridized carbons (Fsp3) is 0.500. The molecule has 0 saturated carbocycles. The molecule has 1 aromatic carbocycles. The third-order valence-electron chi connectivity index (χ3n) is 2.18. The Kier molecular flexibility index (Phi) is 4.59.